The number of hydrogen-bond donors (Lipinski definition) is 0. The fourth-order valence-corrected chi connectivity index (χ4v) is 1.36. The van der Waals surface area contributed by atoms with Crippen LogP contribution in [0.15, 0.2) is 30.6 Å². The van der Waals surface area contributed by atoms with E-state index in [1.54, 1.807) is 0 Å². The van der Waals surface area contributed by atoms with Gasteiger partial charge < -0.3 is 4.40 Å². The molecule has 2 aromatic rings. The van der Waals surface area contributed by atoms with Crippen LogP contribution in [0.4, 0.5) is 0 Å². The van der Waals surface area contributed by atoms with Crippen molar-refractivity contribution in [3.8, 4) is 6.07 Å². The van der Waals surface area contributed by atoms with Crippen molar-refractivity contribution in [2.24, 2.45) is 0 Å². The Morgan fingerprint density at radius 1 is 1.54 bits per heavy atom. The van der Waals surface area contributed by atoms with Crippen molar-refractivity contribution in [3.05, 3.63) is 36.3 Å². The summed E-state index contributed by atoms with van der Waals surface area (Å²) in [5.74, 6) is 0. The lowest BCUT2D eigenvalue weighted by Crippen LogP contribution is -1.83. The molecule has 2 rings (SSSR count). The maximum Gasteiger partial charge on any atom is 0.145 e. The molecule has 0 radical (unpaired) electrons. The van der Waals surface area contributed by atoms with Gasteiger partial charge in [-0.3, -0.25) is 0 Å². The molecule has 0 aliphatic carbocycles. The van der Waals surface area contributed by atoms with Crippen molar-refractivity contribution < 1.29 is 0 Å². The third kappa shape index (κ3) is 1.43. The molecule has 0 N–H and O–H groups in total. The Kier molecular flexibility index (Phi) is 2.03. The lowest BCUT2D eigenvalue weighted by molar-refractivity contribution is 1.15. The molecule has 0 aromatic carbocycles. The predicted molar refractivity (Wildman–Crippen MR) is 52.5 cm³/mol. The second-order valence-corrected chi connectivity index (χ2v) is 3.54. The normalized spacial score (nSPS) is 12.6. The molecule has 0 saturated carbocycles. The molecule has 0 fully saturated rings. The SMILES string of the molecule is N#CC(Br)c1cn2ccccc2n1. The molecular formula is C9H6BrN3. The van der Waals surface area contributed by atoms with Crippen LogP contribution < -0.4 is 0 Å². The highest BCUT2D eigenvalue weighted by Crippen LogP contribution is 2.20. The first kappa shape index (κ1) is 8.27. The molecule has 0 aliphatic heterocycles. The molecule has 1 atom stereocenters. The predicted octanol–water partition coefficient (Wildman–Crippen LogP) is 2.29. The third-order valence-electron chi connectivity index (χ3n) is 1.76. The van der Waals surface area contributed by atoms with Gasteiger partial charge in [-0.2, -0.15) is 5.26 Å². The van der Waals surface area contributed by atoms with Gasteiger partial charge in [0.2, 0.25) is 0 Å². The molecule has 0 amide bonds. The summed E-state index contributed by atoms with van der Waals surface area (Å²) in [4.78, 5) is 3.95. The van der Waals surface area contributed by atoms with E-state index in [4.69, 9.17) is 5.26 Å². The number of hydrogen-bond acceptors (Lipinski definition) is 2. The lowest BCUT2D eigenvalue weighted by Gasteiger charge is -1.89. The van der Waals surface area contributed by atoms with Crippen LogP contribution in [0.3, 0.4) is 0 Å². The van der Waals surface area contributed by atoms with Gasteiger partial charge in [0.05, 0.1) is 11.8 Å². The molecule has 2 heterocycles. The molecular weight excluding hydrogens is 230 g/mol. The standard InChI is InChI=1S/C9H6BrN3/c10-7(5-11)8-6-13-4-2-1-3-9(13)12-8/h1-4,6-7H. The van der Waals surface area contributed by atoms with Crippen LogP contribution in [0, 0.1) is 11.3 Å². The Morgan fingerprint density at radius 3 is 3.08 bits per heavy atom. The van der Waals surface area contributed by atoms with Crippen LogP contribution in [-0.2, 0) is 0 Å². The van der Waals surface area contributed by atoms with Gasteiger partial charge in [-0.15, -0.1) is 0 Å². The van der Waals surface area contributed by atoms with Crippen molar-refractivity contribution in [2.75, 3.05) is 0 Å². The number of imidazole rings is 1. The summed E-state index contributed by atoms with van der Waals surface area (Å²) in [5.41, 5.74) is 1.60. The quantitative estimate of drug-likeness (QED) is 0.712. The molecule has 0 aliphatic rings. The molecule has 64 valence electrons. The Morgan fingerprint density at radius 2 is 2.38 bits per heavy atom. The first-order valence-corrected chi connectivity index (χ1v) is 4.70. The average molecular weight is 236 g/mol. The van der Waals surface area contributed by atoms with Crippen molar-refractivity contribution in [1.29, 1.82) is 5.26 Å². The van der Waals surface area contributed by atoms with E-state index in [0.717, 1.165) is 11.3 Å². The fourth-order valence-electron chi connectivity index (χ4n) is 1.14. The molecule has 13 heavy (non-hydrogen) atoms. The smallest absolute Gasteiger partial charge is 0.145 e. The maximum absolute atomic E-state index is 8.67. The molecule has 1 unspecified atom stereocenters. The largest absolute Gasteiger partial charge is 0.307 e. The summed E-state index contributed by atoms with van der Waals surface area (Å²) in [6.07, 6.45) is 3.75. The number of nitrogens with zero attached hydrogens (tertiary/aromatic N) is 3. The van der Waals surface area contributed by atoms with Crippen molar-refractivity contribution in [3.63, 3.8) is 0 Å². The average Bonchev–Trinajstić information content (AvgIpc) is 2.59. The summed E-state index contributed by atoms with van der Waals surface area (Å²) < 4.78 is 1.89. The Labute approximate surface area is 83.8 Å². The monoisotopic (exact) mass is 235 g/mol. The first-order chi connectivity index (χ1) is 6.31. The van der Waals surface area contributed by atoms with E-state index in [-0.39, 0.29) is 4.83 Å². The van der Waals surface area contributed by atoms with Crippen molar-refractivity contribution in [1.82, 2.24) is 9.38 Å². The van der Waals surface area contributed by atoms with E-state index in [2.05, 4.69) is 27.0 Å². The molecule has 0 spiro atoms. The third-order valence-corrected chi connectivity index (χ3v) is 2.43. The summed E-state index contributed by atoms with van der Waals surface area (Å²) in [6, 6.07) is 7.83. The van der Waals surface area contributed by atoms with E-state index >= 15 is 0 Å². The van der Waals surface area contributed by atoms with Gasteiger partial charge in [-0.05, 0) is 12.1 Å². The highest BCUT2D eigenvalue weighted by atomic mass is 79.9. The van der Waals surface area contributed by atoms with Crippen LogP contribution >= 0.6 is 15.9 Å². The summed E-state index contributed by atoms with van der Waals surface area (Å²) in [6.45, 7) is 0. The van der Waals surface area contributed by atoms with Crippen molar-refractivity contribution >= 4 is 21.6 Å². The highest BCUT2D eigenvalue weighted by Gasteiger charge is 2.09. The molecule has 4 heteroatoms. The van der Waals surface area contributed by atoms with E-state index in [1.807, 2.05) is 35.0 Å². The van der Waals surface area contributed by atoms with Crippen LogP contribution in [0.1, 0.15) is 10.5 Å². The van der Waals surface area contributed by atoms with Crippen LogP contribution in [0.25, 0.3) is 5.65 Å². The van der Waals surface area contributed by atoms with Gasteiger partial charge in [0, 0.05) is 12.4 Å². The van der Waals surface area contributed by atoms with Crippen LogP contribution in [0.2, 0.25) is 0 Å². The second-order valence-electron chi connectivity index (χ2n) is 2.62. The minimum atomic E-state index is -0.326. The van der Waals surface area contributed by atoms with Gasteiger partial charge in [0.1, 0.15) is 10.5 Å². The summed E-state index contributed by atoms with van der Waals surface area (Å²) >= 11 is 3.23. The maximum atomic E-state index is 8.67. The zero-order valence-corrected chi connectivity index (χ0v) is 8.27. The second kappa shape index (κ2) is 3.19. The number of rotatable bonds is 1. The van der Waals surface area contributed by atoms with Crippen LogP contribution in [0.5, 0.6) is 0 Å². The lowest BCUT2D eigenvalue weighted by atomic mass is 10.4. The number of alkyl halides is 1. The van der Waals surface area contributed by atoms with Gasteiger partial charge in [-0.1, -0.05) is 22.0 Å². The zero-order chi connectivity index (χ0) is 9.26. The number of halogens is 1. The number of nitriles is 1. The fraction of sp³-hybridized carbons (Fsp3) is 0.111. The minimum absolute atomic E-state index is 0.326. The Balaban J connectivity index is 2.57. The van der Waals surface area contributed by atoms with E-state index in [9.17, 15) is 0 Å². The molecule has 0 saturated heterocycles. The number of fused-ring (bicyclic) bond motifs is 1. The van der Waals surface area contributed by atoms with E-state index < -0.39 is 0 Å². The number of pyridine rings is 1. The van der Waals surface area contributed by atoms with Gasteiger partial charge in [-0.25, -0.2) is 4.98 Å². The number of aromatic nitrogens is 2. The van der Waals surface area contributed by atoms with Gasteiger partial charge >= 0.3 is 0 Å². The summed E-state index contributed by atoms with van der Waals surface area (Å²) in [7, 11) is 0. The van der Waals surface area contributed by atoms with Gasteiger partial charge in [0.15, 0.2) is 0 Å². The first-order valence-electron chi connectivity index (χ1n) is 3.78. The molecule has 2 aromatic heterocycles. The van der Waals surface area contributed by atoms with E-state index in [1.165, 1.54) is 0 Å². The molecule has 3 nitrogen and oxygen atoms in total. The topological polar surface area (TPSA) is 41.1 Å². The Hall–Kier alpha value is -1.34. The zero-order valence-electron chi connectivity index (χ0n) is 6.68. The van der Waals surface area contributed by atoms with Crippen LogP contribution in [-0.4, -0.2) is 9.38 Å². The van der Waals surface area contributed by atoms with Gasteiger partial charge in [0.25, 0.3) is 0 Å². The Bertz CT molecular complexity index is 436. The molecule has 0 bridgehead atoms. The highest BCUT2D eigenvalue weighted by molar-refractivity contribution is 9.09. The van der Waals surface area contributed by atoms with Crippen molar-refractivity contribution in [2.45, 2.75) is 4.83 Å². The van der Waals surface area contributed by atoms with E-state index in [0.29, 0.717) is 0 Å². The summed E-state index contributed by atoms with van der Waals surface area (Å²) in [5, 5.41) is 8.67. The minimum Gasteiger partial charge on any atom is -0.307 e.